The molecule has 0 aliphatic rings. The van der Waals surface area contributed by atoms with Crippen molar-refractivity contribution in [2.24, 2.45) is 17.8 Å². The van der Waals surface area contributed by atoms with Gasteiger partial charge in [0, 0.05) is 16.7 Å². The Kier molecular flexibility index (Phi) is 29.4. The van der Waals surface area contributed by atoms with Crippen LogP contribution in [0, 0.1) is 17.8 Å². The molecule has 0 heterocycles. The second-order valence-electron chi connectivity index (χ2n) is 13.3. The Morgan fingerprint density at radius 2 is 0.705 bits per heavy atom. The number of nitrogens with one attached hydrogen (secondary N) is 3. The molecule has 0 radical (unpaired) electrons. The predicted molar refractivity (Wildman–Crippen MR) is 213 cm³/mol. The maximum absolute atomic E-state index is 13.2. The molecule has 0 aromatic carbocycles. The lowest BCUT2D eigenvalue weighted by Crippen LogP contribution is -2.30. The van der Waals surface area contributed by atoms with E-state index < -0.39 is 71.8 Å². The van der Waals surface area contributed by atoms with Gasteiger partial charge in [-0.1, -0.05) is 33.6 Å². The van der Waals surface area contributed by atoms with Gasteiger partial charge in [-0.15, -0.1) is 0 Å². The van der Waals surface area contributed by atoms with Gasteiger partial charge in [-0.3, -0.25) is 14.4 Å². The van der Waals surface area contributed by atoms with Crippen LogP contribution in [0.1, 0.15) is 66.7 Å². The van der Waals surface area contributed by atoms with Crippen LogP contribution < -0.4 is 16.0 Å². The molecule has 0 spiro atoms. The molecule has 344 valence electrons. The Morgan fingerprint density at radius 3 is 1.05 bits per heavy atom. The molecule has 21 heteroatoms. The van der Waals surface area contributed by atoms with Crippen LogP contribution in [0.25, 0.3) is 0 Å². The lowest BCUT2D eigenvalue weighted by Gasteiger charge is -2.20. The summed E-state index contributed by atoms with van der Waals surface area (Å²) in [7, 11) is 0. The lowest BCUT2D eigenvalue weighted by molar-refractivity contribution is -0.154. The fraction of sp³-hybridized carbons (Fsp3) is 0.625. The van der Waals surface area contributed by atoms with Crippen molar-refractivity contribution in [1.29, 1.82) is 0 Å². The van der Waals surface area contributed by atoms with Gasteiger partial charge in [0.1, 0.15) is 59.5 Å². The fourth-order valence-electron chi connectivity index (χ4n) is 4.46. The quantitative estimate of drug-likeness (QED) is 0.0391. The molecule has 0 aromatic rings. The molecular weight excluding hydrogens is 810 g/mol. The van der Waals surface area contributed by atoms with Crippen molar-refractivity contribution in [1.82, 2.24) is 16.0 Å². The molecule has 3 unspecified atom stereocenters. The van der Waals surface area contributed by atoms with Crippen molar-refractivity contribution in [2.75, 3.05) is 79.1 Å². The van der Waals surface area contributed by atoms with Crippen molar-refractivity contribution in [2.45, 2.75) is 66.7 Å². The zero-order valence-electron chi connectivity index (χ0n) is 35.7. The molecule has 0 aromatic heterocycles. The van der Waals surface area contributed by atoms with Gasteiger partial charge in [-0.25, -0.2) is 28.8 Å². The molecular formula is C40H61N3O18. The van der Waals surface area contributed by atoms with Crippen molar-refractivity contribution in [3.05, 3.63) is 36.5 Å². The maximum Gasteiger partial charge on any atom is 0.407 e. The van der Waals surface area contributed by atoms with Gasteiger partial charge in [0.2, 0.25) is 0 Å². The van der Waals surface area contributed by atoms with E-state index >= 15 is 0 Å². The summed E-state index contributed by atoms with van der Waals surface area (Å²) in [5.74, 6) is -5.80. The highest BCUT2D eigenvalue weighted by molar-refractivity contribution is 5.87. The topological polar surface area (TPSA) is 273 Å². The first kappa shape index (κ1) is 54.8. The predicted octanol–water partition coefficient (Wildman–Crippen LogP) is 2.99. The minimum atomic E-state index is -0.837. The summed E-state index contributed by atoms with van der Waals surface area (Å²) >= 11 is 0. The van der Waals surface area contributed by atoms with Gasteiger partial charge < -0.3 is 58.6 Å². The molecule has 0 saturated carbocycles. The maximum atomic E-state index is 13.2. The van der Waals surface area contributed by atoms with Crippen LogP contribution in [0.15, 0.2) is 36.5 Å². The molecule has 0 aliphatic carbocycles. The van der Waals surface area contributed by atoms with E-state index in [4.69, 9.17) is 42.6 Å². The van der Waals surface area contributed by atoms with Gasteiger partial charge >= 0.3 is 54.1 Å². The Bertz CT molecular complexity index is 1510. The summed E-state index contributed by atoms with van der Waals surface area (Å²) in [5.41, 5.74) is 0.629. The van der Waals surface area contributed by atoms with Crippen LogP contribution in [0.3, 0.4) is 0 Å². The number of esters is 6. The van der Waals surface area contributed by atoms with Crippen molar-refractivity contribution < 1.29 is 85.8 Å². The van der Waals surface area contributed by atoms with Crippen LogP contribution >= 0.6 is 0 Å². The van der Waals surface area contributed by atoms with Crippen molar-refractivity contribution >= 4 is 54.1 Å². The van der Waals surface area contributed by atoms with Gasteiger partial charge in [-0.05, 0) is 52.9 Å². The highest BCUT2D eigenvalue weighted by atomic mass is 16.6. The van der Waals surface area contributed by atoms with Crippen LogP contribution in [-0.2, 0) is 71.4 Å². The van der Waals surface area contributed by atoms with Crippen LogP contribution in [0.5, 0.6) is 0 Å². The van der Waals surface area contributed by atoms with E-state index in [9.17, 15) is 43.2 Å². The lowest BCUT2D eigenvalue weighted by atomic mass is 9.89. The minimum absolute atomic E-state index is 0.00694. The van der Waals surface area contributed by atoms with E-state index in [1.54, 1.807) is 13.8 Å². The fourth-order valence-corrected chi connectivity index (χ4v) is 4.46. The third kappa shape index (κ3) is 28.0. The number of hydrogen-bond donors (Lipinski definition) is 3. The molecule has 0 bridgehead atoms. The molecule has 0 rings (SSSR count). The monoisotopic (exact) mass is 871 g/mol. The number of carbonyl (C=O) groups excluding carboxylic acids is 9. The first-order valence-electron chi connectivity index (χ1n) is 19.6. The molecule has 0 aliphatic heterocycles. The number of amides is 3. The molecule has 0 fully saturated rings. The molecule has 3 N–H and O–H groups in total. The Hall–Kier alpha value is -6.15. The van der Waals surface area contributed by atoms with E-state index in [1.165, 1.54) is 20.8 Å². The highest BCUT2D eigenvalue weighted by Gasteiger charge is 2.27. The van der Waals surface area contributed by atoms with E-state index in [2.05, 4.69) is 35.7 Å². The molecule has 0 saturated heterocycles. The molecule has 3 amide bonds. The van der Waals surface area contributed by atoms with Gasteiger partial charge in [-0.2, -0.15) is 0 Å². The Balaban J connectivity index is 5.04. The van der Waals surface area contributed by atoms with Crippen LogP contribution in [0.2, 0.25) is 0 Å². The van der Waals surface area contributed by atoms with Gasteiger partial charge in [0.15, 0.2) is 0 Å². The van der Waals surface area contributed by atoms with E-state index in [0.29, 0.717) is 6.42 Å². The number of rotatable bonds is 31. The largest absolute Gasteiger partial charge is 0.462 e. The van der Waals surface area contributed by atoms with Crippen molar-refractivity contribution in [3.63, 3.8) is 0 Å². The van der Waals surface area contributed by atoms with Crippen LogP contribution in [-0.4, -0.2) is 133 Å². The summed E-state index contributed by atoms with van der Waals surface area (Å²) in [6.45, 7) is 16.2. The van der Waals surface area contributed by atoms with E-state index in [0.717, 1.165) is 0 Å². The second kappa shape index (κ2) is 32.7. The Labute approximate surface area is 355 Å². The number of ether oxygens (including phenoxy) is 9. The number of alkyl carbamates (subject to hydrolysis) is 3. The first-order chi connectivity index (χ1) is 28.9. The SMILES string of the molecule is C=C(C)C(=O)OCCNC(=O)OCCOC(=O)C(C)CCC(CCC(CC)C(=O)OCCOC(=O)NCCOC(=O)C(=C)C)C(=O)OCCOC(=O)NCCOC(=O)C(=C)C. The summed E-state index contributed by atoms with van der Waals surface area (Å²) in [5, 5.41) is 7.13. The van der Waals surface area contributed by atoms with Gasteiger partial charge in [0.05, 0.1) is 37.4 Å². The first-order valence-corrected chi connectivity index (χ1v) is 19.6. The van der Waals surface area contributed by atoms with E-state index in [1.807, 2.05) is 0 Å². The normalized spacial score (nSPS) is 11.8. The summed E-state index contributed by atoms with van der Waals surface area (Å²) in [6.07, 6.45) is -1.43. The summed E-state index contributed by atoms with van der Waals surface area (Å²) < 4.78 is 45.3. The second-order valence-corrected chi connectivity index (χ2v) is 13.3. The average Bonchev–Trinajstić information content (AvgIpc) is 3.21. The van der Waals surface area contributed by atoms with Gasteiger partial charge in [0.25, 0.3) is 0 Å². The standard InChI is InChI=1S/C40H61N3O18/c1-9-30(36(48)57-21-24-60-39(51)42-15-18-54-33(45)27(4)5)12-13-31(37(49)58-22-25-61-40(52)43-16-19-55-34(46)28(6)7)11-10-29(8)35(47)56-20-23-59-38(50)41-14-17-53-32(44)26(2)3/h29-31H,2,4,6,9-25H2,1,3,5,7-8H3,(H,41,50)(H,42,51)(H,43,52). The number of carbonyl (C=O) groups is 9. The van der Waals surface area contributed by atoms with Crippen molar-refractivity contribution in [3.8, 4) is 0 Å². The highest BCUT2D eigenvalue weighted by Crippen LogP contribution is 2.24. The number of hydrogen-bond acceptors (Lipinski definition) is 18. The van der Waals surface area contributed by atoms with Crippen LogP contribution in [0.4, 0.5) is 14.4 Å². The molecule has 3 atom stereocenters. The summed E-state index contributed by atoms with van der Waals surface area (Å²) in [6, 6.07) is 0. The third-order valence-corrected chi connectivity index (χ3v) is 7.92. The molecule has 61 heavy (non-hydrogen) atoms. The third-order valence-electron chi connectivity index (χ3n) is 7.92. The smallest absolute Gasteiger partial charge is 0.407 e. The van der Waals surface area contributed by atoms with E-state index in [-0.39, 0.29) is 121 Å². The zero-order valence-corrected chi connectivity index (χ0v) is 35.7. The molecule has 21 nitrogen and oxygen atoms in total. The minimum Gasteiger partial charge on any atom is -0.462 e. The summed E-state index contributed by atoms with van der Waals surface area (Å²) in [4.78, 5) is 108. The Morgan fingerprint density at radius 1 is 0.410 bits per heavy atom. The average molecular weight is 872 g/mol. The zero-order chi connectivity index (χ0) is 46.2.